The van der Waals surface area contributed by atoms with Crippen LogP contribution >= 0.6 is 7.51 Å². The lowest BCUT2D eigenvalue weighted by atomic mass is 10.2. The van der Waals surface area contributed by atoms with E-state index in [1.54, 1.807) is 12.1 Å². The average Bonchev–Trinajstić information content (AvgIpc) is 2.84. The minimum Gasteiger partial charge on any atom is -0.265 e. The Morgan fingerprint density at radius 3 is 1.53 bits per heavy atom. The van der Waals surface area contributed by atoms with Crippen molar-refractivity contribution in [3.8, 4) is 0 Å². The molecule has 3 aliphatic heterocycles. The molecule has 0 saturated carbocycles. The molecule has 1 aromatic rings. The van der Waals surface area contributed by atoms with Gasteiger partial charge in [-0.05, 0) is 55.9 Å². The van der Waals surface area contributed by atoms with Crippen LogP contribution in [0.15, 0.2) is 45.5 Å². The van der Waals surface area contributed by atoms with Gasteiger partial charge in [0.25, 0.3) is 5.91 Å². The molecule has 1 aromatic carbocycles. The van der Waals surface area contributed by atoms with E-state index in [0.29, 0.717) is 5.56 Å². The Morgan fingerprint density at radius 1 is 0.667 bits per heavy atom. The third-order valence-corrected chi connectivity index (χ3v) is 10.2. The maximum absolute atomic E-state index is 12.5. The zero-order valence-corrected chi connectivity index (χ0v) is 18.9. The number of amides is 1. The second kappa shape index (κ2) is 10.8. The van der Waals surface area contributed by atoms with Gasteiger partial charge in [-0.2, -0.15) is 0 Å². The van der Waals surface area contributed by atoms with Crippen molar-refractivity contribution < 1.29 is 4.79 Å². The van der Waals surface area contributed by atoms with E-state index in [0.717, 1.165) is 39.3 Å². The van der Waals surface area contributed by atoms with Crippen LogP contribution in [0.1, 0.15) is 68.1 Å². The lowest BCUT2D eigenvalue weighted by molar-refractivity contribution is 0.0993. The quantitative estimate of drug-likeness (QED) is 0.347. The monoisotopic (exact) mass is 430 g/mol. The highest BCUT2D eigenvalue weighted by atomic mass is 31.2. The zero-order valence-electron chi connectivity index (χ0n) is 18.0. The van der Waals surface area contributed by atoms with Gasteiger partial charge in [0.1, 0.15) is 0 Å². The molecule has 0 aliphatic carbocycles. The summed E-state index contributed by atoms with van der Waals surface area (Å²) in [6, 6.07) is 9.17. The van der Waals surface area contributed by atoms with Crippen molar-refractivity contribution in [3.05, 3.63) is 35.9 Å². The molecule has 3 aliphatic rings. The molecule has 3 fully saturated rings. The first kappa shape index (κ1) is 21.8. The van der Waals surface area contributed by atoms with Crippen LogP contribution in [0.2, 0.25) is 0 Å². The first-order chi connectivity index (χ1) is 14.8. The predicted molar refractivity (Wildman–Crippen MR) is 121 cm³/mol. The van der Waals surface area contributed by atoms with E-state index in [1.807, 2.05) is 18.2 Å². The van der Waals surface area contributed by atoms with E-state index >= 15 is 0 Å². The molecule has 30 heavy (non-hydrogen) atoms. The molecular weight excluding hydrogens is 395 g/mol. The molecule has 3 saturated heterocycles. The van der Waals surface area contributed by atoms with Gasteiger partial charge in [0.2, 0.25) is 0 Å². The Morgan fingerprint density at radius 2 is 1.10 bits per heavy atom. The molecule has 0 atom stereocenters. The van der Waals surface area contributed by atoms with Gasteiger partial charge in [-0.25, -0.2) is 14.0 Å². The summed E-state index contributed by atoms with van der Waals surface area (Å²) in [4.78, 5) is 17.5. The maximum atomic E-state index is 12.5. The van der Waals surface area contributed by atoms with E-state index in [-0.39, 0.29) is 5.91 Å². The molecule has 0 radical (unpaired) electrons. The summed E-state index contributed by atoms with van der Waals surface area (Å²) in [5, 5.41) is 8.30. The Balaban J connectivity index is 1.70. The summed E-state index contributed by atoms with van der Waals surface area (Å²) in [7, 11) is -2.16. The van der Waals surface area contributed by atoms with Crippen molar-refractivity contribution in [2.45, 2.75) is 57.8 Å². The molecule has 0 spiro atoms. The van der Waals surface area contributed by atoms with Gasteiger partial charge in [0, 0.05) is 44.8 Å². The van der Waals surface area contributed by atoms with Crippen LogP contribution < -0.4 is 0 Å². The van der Waals surface area contributed by atoms with Crippen molar-refractivity contribution in [2.24, 2.45) is 15.2 Å². The first-order valence-corrected chi connectivity index (χ1v) is 13.3. The highest BCUT2D eigenvalue weighted by Gasteiger charge is 2.42. The van der Waals surface area contributed by atoms with Crippen LogP contribution in [-0.4, -0.2) is 59.2 Å². The van der Waals surface area contributed by atoms with Gasteiger partial charge < -0.3 is 0 Å². The fraction of sp³-hybridized carbons (Fsp3) is 0.682. The summed E-state index contributed by atoms with van der Waals surface area (Å²) < 4.78 is 7.87. The smallest absolute Gasteiger partial charge is 0.265 e. The molecule has 8 heteroatoms. The van der Waals surface area contributed by atoms with Crippen LogP contribution in [0, 0.1) is 0 Å². The molecule has 0 bridgehead atoms. The number of benzene rings is 1. The average molecular weight is 431 g/mol. The number of piperidine rings is 3. The Kier molecular flexibility index (Phi) is 7.83. The maximum Gasteiger partial charge on any atom is 0.297 e. The van der Waals surface area contributed by atoms with Crippen LogP contribution in [0.3, 0.4) is 0 Å². The topological polar surface area (TPSA) is 63.9 Å². The molecule has 0 N–H and O–H groups in total. The standard InChI is InChI=1S/C22H35N6OP/c29-22(21-13-5-1-6-14-21)23-24-25-30(26-15-7-2-8-16-26,27-17-9-3-10-18-27)28-19-11-4-12-20-28/h1,5-6,13-14H,2-4,7-12,15-20H2. The first-order valence-electron chi connectivity index (χ1n) is 11.7. The van der Waals surface area contributed by atoms with Crippen LogP contribution in [0.4, 0.5) is 0 Å². The fourth-order valence-electron chi connectivity index (χ4n) is 4.90. The summed E-state index contributed by atoms with van der Waals surface area (Å²) in [5.74, 6) is -0.312. The highest BCUT2D eigenvalue weighted by molar-refractivity contribution is 7.59. The van der Waals surface area contributed by atoms with E-state index in [1.165, 1.54) is 57.8 Å². The van der Waals surface area contributed by atoms with Gasteiger partial charge in [-0.1, -0.05) is 42.6 Å². The van der Waals surface area contributed by atoms with Crippen molar-refractivity contribution >= 4 is 13.4 Å². The molecular formula is C22H35N6OP. The molecule has 0 aromatic heterocycles. The number of nitrogens with zero attached hydrogens (tertiary/aromatic N) is 6. The third-order valence-electron chi connectivity index (χ3n) is 6.45. The van der Waals surface area contributed by atoms with E-state index < -0.39 is 7.51 Å². The summed E-state index contributed by atoms with van der Waals surface area (Å²) in [6.45, 7) is 6.45. The van der Waals surface area contributed by atoms with Crippen molar-refractivity contribution in [1.29, 1.82) is 0 Å². The van der Waals surface area contributed by atoms with Gasteiger partial charge in [-0.15, -0.1) is 4.85 Å². The van der Waals surface area contributed by atoms with Gasteiger partial charge in [-0.3, -0.25) is 4.79 Å². The van der Waals surface area contributed by atoms with E-state index in [9.17, 15) is 4.79 Å². The number of hydrogen-bond acceptors (Lipinski definition) is 1. The SMILES string of the molecule is O=C(N=NN=P(N1CCCCC1)(N1CCCCC1)N1CCCCC1)c1ccccc1. The third kappa shape index (κ3) is 4.91. The number of carbonyl (C=O) groups excluding carboxylic acids is 1. The Labute approximate surface area is 180 Å². The fourth-order valence-corrected chi connectivity index (χ4v) is 8.91. The van der Waals surface area contributed by atoms with Crippen molar-refractivity contribution in [3.63, 3.8) is 0 Å². The molecule has 4 rings (SSSR count). The second-order valence-corrected chi connectivity index (χ2v) is 11.5. The minimum absolute atomic E-state index is 0.312. The predicted octanol–water partition coefficient (Wildman–Crippen LogP) is 5.60. The molecule has 1 amide bonds. The zero-order chi connectivity index (χ0) is 20.7. The largest absolute Gasteiger partial charge is 0.297 e. The molecule has 3 heterocycles. The summed E-state index contributed by atoms with van der Waals surface area (Å²) in [5.41, 5.74) is 0.564. The Hall–Kier alpha value is -1.40. The molecule has 0 unspecified atom stereocenters. The minimum atomic E-state index is -2.16. The van der Waals surface area contributed by atoms with Crippen molar-refractivity contribution in [2.75, 3.05) is 39.3 Å². The lowest BCUT2D eigenvalue weighted by Crippen LogP contribution is -2.46. The van der Waals surface area contributed by atoms with Gasteiger partial charge in [0.15, 0.2) is 7.51 Å². The van der Waals surface area contributed by atoms with Gasteiger partial charge in [0.05, 0.1) is 0 Å². The molecule has 164 valence electrons. The van der Waals surface area contributed by atoms with E-state index in [2.05, 4.69) is 24.3 Å². The highest BCUT2D eigenvalue weighted by Crippen LogP contribution is 2.62. The number of carbonyl (C=O) groups is 1. The van der Waals surface area contributed by atoms with Gasteiger partial charge >= 0.3 is 0 Å². The van der Waals surface area contributed by atoms with Crippen LogP contribution in [-0.2, 0) is 0 Å². The number of rotatable bonds is 5. The van der Waals surface area contributed by atoms with Crippen LogP contribution in [0.25, 0.3) is 0 Å². The lowest BCUT2D eigenvalue weighted by Gasteiger charge is -2.51. The molecule has 7 nitrogen and oxygen atoms in total. The normalized spacial score (nSPS) is 22.9. The summed E-state index contributed by atoms with van der Waals surface area (Å²) >= 11 is 0. The second-order valence-electron chi connectivity index (χ2n) is 8.53. The van der Waals surface area contributed by atoms with Crippen LogP contribution in [0.5, 0.6) is 0 Å². The van der Waals surface area contributed by atoms with E-state index in [4.69, 9.17) is 4.85 Å². The summed E-state index contributed by atoms with van der Waals surface area (Å²) in [6.07, 6.45) is 11.2. The Bertz CT molecular complexity index is 713. The van der Waals surface area contributed by atoms with Crippen molar-refractivity contribution in [1.82, 2.24) is 14.0 Å². The number of hydrogen-bond donors (Lipinski definition) is 0.